The molecule has 2 N–H and O–H groups in total. The number of hydrogen-bond acceptors (Lipinski definition) is 2. The molecule has 1 unspecified atom stereocenters. The molecule has 2 heteroatoms. The van der Waals surface area contributed by atoms with Crippen LogP contribution in [0.4, 0.5) is 0 Å². The fourth-order valence-electron chi connectivity index (χ4n) is 2.32. The zero-order chi connectivity index (χ0) is 8.84. The minimum atomic E-state index is 0.555. The van der Waals surface area contributed by atoms with Crippen LogP contribution in [0, 0.1) is 5.92 Å². The molecule has 1 fully saturated rings. The minimum Gasteiger partial charge on any atom is -0.314 e. The highest BCUT2D eigenvalue weighted by molar-refractivity contribution is 5.59. The molecule has 1 atom stereocenters. The summed E-state index contributed by atoms with van der Waals surface area (Å²) >= 11 is 0. The standard InChI is InChI=1S/C11H12N2/c12-13-7-6-9-5-4-8-2-1-3-10(8)11(9)13/h1-5,9H,6-7,12H2. The van der Waals surface area contributed by atoms with Gasteiger partial charge < -0.3 is 5.01 Å². The van der Waals surface area contributed by atoms with E-state index < -0.39 is 0 Å². The summed E-state index contributed by atoms with van der Waals surface area (Å²) in [4.78, 5) is 0. The van der Waals surface area contributed by atoms with Crippen molar-refractivity contribution in [3.63, 3.8) is 0 Å². The van der Waals surface area contributed by atoms with Gasteiger partial charge in [-0.25, -0.2) is 5.84 Å². The largest absolute Gasteiger partial charge is 0.314 e. The molecule has 2 nitrogen and oxygen atoms in total. The Bertz CT molecular complexity index is 372. The number of hydrogen-bond donors (Lipinski definition) is 1. The minimum absolute atomic E-state index is 0.555. The van der Waals surface area contributed by atoms with Gasteiger partial charge >= 0.3 is 0 Å². The second-order valence-corrected chi connectivity index (χ2v) is 3.73. The molecule has 1 heterocycles. The van der Waals surface area contributed by atoms with E-state index in [9.17, 15) is 0 Å². The van der Waals surface area contributed by atoms with Crippen molar-refractivity contribution in [2.24, 2.45) is 11.8 Å². The zero-order valence-electron chi connectivity index (χ0n) is 7.40. The van der Waals surface area contributed by atoms with Crippen LogP contribution in [0.25, 0.3) is 0 Å². The Balaban J connectivity index is 2.17. The first kappa shape index (κ1) is 7.15. The van der Waals surface area contributed by atoms with E-state index in [1.54, 1.807) is 0 Å². The lowest BCUT2D eigenvalue weighted by molar-refractivity contribution is 0.408. The van der Waals surface area contributed by atoms with E-state index in [2.05, 4.69) is 30.4 Å². The third-order valence-electron chi connectivity index (χ3n) is 2.98. The van der Waals surface area contributed by atoms with Crippen LogP contribution in [-0.4, -0.2) is 11.6 Å². The van der Waals surface area contributed by atoms with Crippen molar-refractivity contribution in [1.29, 1.82) is 0 Å². The number of rotatable bonds is 0. The summed E-state index contributed by atoms with van der Waals surface area (Å²) in [6, 6.07) is 0. The van der Waals surface area contributed by atoms with Crippen LogP contribution in [0.1, 0.15) is 6.42 Å². The molecule has 0 spiro atoms. The number of hydrazine groups is 1. The molecule has 0 saturated carbocycles. The van der Waals surface area contributed by atoms with Gasteiger partial charge in [0.25, 0.3) is 0 Å². The van der Waals surface area contributed by atoms with Crippen molar-refractivity contribution in [1.82, 2.24) is 5.01 Å². The molecule has 0 amide bonds. The molecule has 0 aromatic heterocycles. The van der Waals surface area contributed by atoms with Gasteiger partial charge in [-0.3, -0.25) is 0 Å². The molecule has 3 rings (SSSR count). The smallest absolute Gasteiger partial charge is 0.0439 e. The molecule has 0 aromatic carbocycles. The van der Waals surface area contributed by atoms with E-state index in [0.29, 0.717) is 5.92 Å². The summed E-state index contributed by atoms with van der Waals surface area (Å²) in [6.07, 6.45) is 12.0. The topological polar surface area (TPSA) is 29.3 Å². The maximum atomic E-state index is 5.93. The van der Waals surface area contributed by atoms with Gasteiger partial charge in [0, 0.05) is 23.7 Å². The fourth-order valence-corrected chi connectivity index (χ4v) is 2.32. The molecular formula is C11H12N2. The number of nitrogens with two attached hydrogens (primary N) is 1. The Morgan fingerprint density at radius 3 is 3.23 bits per heavy atom. The Labute approximate surface area is 77.7 Å². The molecule has 13 heavy (non-hydrogen) atoms. The molecule has 2 aliphatic carbocycles. The zero-order valence-corrected chi connectivity index (χ0v) is 7.40. The predicted molar refractivity (Wildman–Crippen MR) is 52.4 cm³/mol. The van der Waals surface area contributed by atoms with Gasteiger partial charge in [0.05, 0.1) is 0 Å². The van der Waals surface area contributed by atoms with E-state index in [-0.39, 0.29) is 0 Å². The van der Waals surface area contributed by atoms with Crippen molar-refractivity contribution in [2.45, 2.75) is 6.42 Å². The average molecular weight is 172 g/mol. The van der Waals surface area contributed by atoms with Crippen LogP contribution < -0.4 is 5.84 Å². The SMILES string of the molecule is NN1CCC2C=CC3=CC=CC3=C21. The van der Waals surface area contributed by atoms with Crippen LogP contribution >= 0.6 is 0 Å². The lowest BCUT2D eigenvalue weighted by Crippen LogP contribution is -2.27. The van der Waals surface area contributed by atoms with Crippen LogP contribution in [0.5, 0.6) is 0 Å². The van der Waals surface area contributed by atoms with Crippen molar-refractivity contribution in [3.8, 4) is 0 Å². The number of fused-ring (bicyclic) bond motifs is 2. The highest BCUT2D eigenvalue weighted by Crippen LogP contribution is 2.38. The Hall–Kier alpha value is -1.28. The summed E-state index contributed by atoms with van der Waals surface area (Å²) in [7, 11) is 0. The summed E-state index contributed by atoms with van der Waals surface area (Å²) in [5, 5.41) is 1.90. The maximum Gasteiger partial charge on any atom is 0.0439 e. The number of nitrogens with zero attached hydrogens (tertiary/aromatic N) is 1. The van der Waals surface area contributed by atoms with Crippen molar-refractivity contribution < 1.29 is 0 Å². The van der Waals surface area contributed by atoms with Gasteiger partial charge in [-0.05, 0) is 12.0 Å². The normalized spacial score (nSPS) is 29.5. The van der Waals surface area contributed by atoms with E-state index in [4.69, 9.17) is 5.84 Å². The first-order valence-corrected chi connectivity index (χ1v) is 4.69. The first-order chi connectivity index (χ1) is 6.36. The third-order valence-corrected chi connectivity index (χ3v) is 2.98. The quantitative estimate of drug-likeness (QED) is 0.561. The lowest BCUT2D eigenvalue weighted by atomic mass is 9.92. The predicted octanol–water partition coefficient (Wildman–Crippen LogP) is 1.50. The molecule has 0 aromatic rings. The third kappa shape index (κ3) is 0.864. The summed E-state index contributed by atoms with van der Waals surface area (Å²) in [5.74, 6) is 6.48. The molecule has 1 aliphatic heterocycles. The van der Waals surface area contributed by atoms with Gasteiger partial charge in [0.2, 0.25) is 0 Å². The van der Waals surface area contributed by atoms with Gasteiger partial charge in [0.15, 0.2) is 0 Å². The van der Waals surface area contributed by atoms with Gasteiger partial charge in [-0.1, -0.05) is 30.4 Å². The molecule has 3 aliphatic rings. The Morgan fingerprint density at radius 1 is 1.38 bits per heavy atom. The molecule has 0 bridgehead atoms. The lowest BCUT2D eigenvalue weighted by Gasteiger charge is -2.21. The van der Waals surface area contributed by atoms with E-state index in [1.807, 2.05) is 5.01 Å². The molecule has 0 radical (unpaired) electrons. The van der Waals surface area contributed by atoms with Crippen LogP contribution in [0.2, 0.25) is 0 Å². The Morgan fingerprint density at radius 2 is 2.31 bits per heavy atom. The van der Waals surface area contributed by atoms with E-state index in [1.165, 1.54) is 16.8 Å². The average Bonchev–Trinajstić information content (AvgIpc) is 2.70. The monoisotopic (exact) mass is 172 g/mol. The summed E-state index contributed by atoms with van der Waals surface area (Å²) in [6.45, 7) is 0.981. The highest BCUT2D eigenvalue weighted by atomic mass is 15.4. The number of allylic oxidation sites excluding steroid dienone is 7. The van der Waals surface area contributed by atoms with Crippen molar-refractivity contribution in [2.75, 3.05) is 6.54 Å². The molecule has 1 saturated heterocycles. The van der Waals surface area contributed by atoms with Crippen LogP contribution in [-0.2, 0) is 0 Å². The van der Waals surface area contributed by atoms with Crippen LogP contribution in [0.3, 0.4) is 0 Å². The highest BCUT2D eigenvalue weighted by Gasteiger charge is 2.30. The second kappa shape index (κ2) is 2.36. The van der Waals surface area contributed by atoms with Gasteiger partial charge in [-0.15, -0.1) is 0 Å². The summed E-state index contributed by atoms with van der Waals surface area (Å²) < 4.78 is 0. The summed E-state index contributed by atoms with van der Waals surface area (Å²) in [5.41, 5.74) is 3.94. The van der Waals surface area contributed by atoms with Crippen LogP contribution in [0.15, 0.2) is 47.2 Å². The second-order valence-electron chi connectivity index (χ2n) is 3.73. The van der Waals surface area contributed by atoms with Gasteiger partial charge in [0.1, 0.15) is 0 Å². The van der Waals surface area contributed by atoms with E-state index >= 15 is 0 Å². The first-order valence-electron chi connectivity index (χ1n) is 4.69. The van der Waals surface area contributed by atoms with E-state index in [0.717, 1.165) is 13.0 Å². The Kier molecular flexibility index (Phi) is 1.30. The fraction of sp³-hybridized carbons (Fsp3) is 0.273. The maximum absolute atomic E-state index is 5.93. The molecule has 66 valence electrons. The van der Waals surface area contributed by atoms with Gasteiger partial charge in [-0.2, -0.15) is 0 Å². The molecular weight excluding hydrogens is 160 g/mol. The van der Waals surface area contributed by atoms with Crippen molar-refractivity contribution >= 4 is 0 Å². The van der Waals surface area contributed by atoms with Crippen molar-refractivity contribution in [3.05, 3.63) is 47.2 Å².